The van der Waals surface area contributed by atoms with Gasteiger partial charge in [0.05, 0.1) is 11.5 Å². The minimum absolute atomic E-state index is 0.328. The number of sulfone groups is 1. The molecular formula is C11H21NO3S. The number of hydrogen-bond acceptors (Lipinski definition) is 4. The van der Waals surface area contributed by atoms with Crippen LogP contribution in [0.4, 0.5) is 0 Å². The lowest BCUT2D eigenvalue weighted by Gasteiger charge is -2.17. The third-order valence-electron chi connectivity index (χ3n) is 3.47. The molecule has 4 nitrogen and oxygen atoms in total. The number of nitrogens with one attached hydrogen (secondary N) is 1. The van der Waals surface area contributed by atoms with Crippen LogP contribution in [0.15, 0.2) is 0 Å². The van der Waals surface area contributed by atoms with Crippen molar-refractivity contribution in [3.05, 3.63) is 0 Å². The van der Waals surface area contributed by atoms with Crippen LogP contribution in [0.5, 0.6) is 0 Å². The van der Waals surface area contributed by atoms with Gasteiger partial charge in [-0.3, -0.25) is 0 Å². The quantitative estimate of drug-likeness (QED) is 0.792. The third kappa shape index (κ3) is 3.71. The zero-order chi connectivity index (χ0) is 11.4. The molecule has 1 N–H and O–H groups in total. The Hall–Kier alpha value is -0.130. The summed E-state index contributed by atoms with van der Waals surface area (Å²) in [5, 5.41) is 3.50. The van der Waals surface area contributed by atoms with Gasteiger partial charge in [0.1, 0.15) is 0 Å². The van der Waals surface area contributed by atoms with Crippen LogP contribution in [0.3, 0.4) is 0 Å². The average Bonchev–Trinajstić information content (AvgIpc) is 2.47. The minimum atomic E-state index is -2.72. The molecule has 16 heavy (non-hydrogen) atoms. The van der Waals surface area contributed by atoms with Gasteiger partial charge in [-0.05, 0) is 38.1 Å². The highest BCUT2D eigenvalue weighted by Crippen LogP contribution is 2.18. The van der Waals surface area contributed by atoms with E-state index >= 15 is 0 Å². The maximum Gasteiger partial charge on any atom is 0.150 e. The van der Waals surface area contributed by atoms with Crippen molar-refractivity contribution >= 4 is 9.84 Å². The third-order valence-corrected chi connectivity index (χ3v) is 5.31. The minimum Gasteiger partial charge on any atom is -0.381 e. The van der Waals surface area contributed by atoms with Crippen molar-refractivity contribution in [2.75, 3.05) is 31.3 Å². The Morgan fingerprint density at radius 3 is 2.81 bits per heavy atom. The van der Waals surface area contributed by atoms with Crippen molar-refractivity contribution in [1.29, 1.82) is 0 Å². The molecule has 0 amide bonds. The summed E-state index contributed by atoms with van der Waals surface area (Å²) in [7, 11) is -2.72. The molecule has 0 saturated carbocycles. The van der Waals surface area contributed by atoms with Gasteiger partial charge >= 0.3 is 0 Å². The molecule has 2 heterocycles. The van der Waals surface area contributed by atoms with E-state index in [1.54, 1.807) is 0 Å². The van der Waals surface area contributed by atoms with Gasteiger partial charge in [0.25, 0.3) is 0 Å². The first-order chi connectivity index (χ1) is 7.66. The van der Waals surface area contributed by atoms with Crippen LogP contribution >= 0.6 is 0 Å². The second-order valence-electron chi connectivity index (χ2n) is 4.92. The summed E-state index contributed by atoms with van der Waals surface area (Å²) in [6.07, 6.45) is 4.15. The number of ether oxygens (including phenoxy) is 1. The van der Waals surface area contributed by atoms with Crippen molar-refractivity contribution in [3.8, 4) is 0 Å². The maximum atomic E-state index is 11.3. The van der Waals surface area contributed by atoms with E-state index in [4.69, 9.17) is 4.74 Å². The van der Waals surface area contributed by atoms with Crippen molar-refractivity contribution in [3.63, 3.8) is 0 Å². The van der Waals surface area contributed by atoms with Gasteiger partial charge in [0, 0.05) is 19.3 Å². The first kappa shape index (κ1) is 12.3. The summed E-state index contributed by atoms with van der Waals surface area (Å²) in [4.78, 5) is 0. The predicted octanol–water partition coefficient (Wildman–Crippen LogP) is 0.580. The van der Waals surface area contributed by atoms with Crippen LogP contribution in [-0.2, 0) is 14.6 Å². The highest BCUT2D eigenvalue weighted by atomic mass is 32.2. The second-order valence-corrected chi connectivity index (χ2v) is 7.15. The lowest BCUT2D eigenvalue weighted by molar-refractivity contribution is 0.142. The van der Waals surface area contributed by atoms with Gasteiger partial charge in [0.15, 0.2) is 9.84 Å². The van der Waals surface area contributed by atoms with Crippen molar-refractivity contribution < 1.29 is 13.2 Å². The molecule has 2 aliphatic heterocycles. The Bertz CT molecular complexity index is 307. The molecule has 2 atom stereocenters. The van der Waals surface area contributed by atoms with E-state index in [2.05, 4.69) is 5.32 Å². The fraction of sp³-hybridized carbons (Fsp3) is 1.00. The van der Waals surface area contributed by atoms with E-state index in [1.807, 2.05) is 0 Å². The smallest absolute Gasteiger partial charge is 0.150 e. The molecule has 2 fully saturated rings. The largest absolute Gasteiger partial charge is 0.381 e. The first-order valence-electron chi connectivity index (χ1n) is 6.17. The molecule has 0 aromatic carbocycles. The van der Waals surface area contributed by atoms with Crippen LogP contribution in [0.25, 0.3) is 0 Å². The Morgan fingerprint density at radius 2 is 2.06 bits per heavy atom. The molecule has 94 valence electrons. The lowest BCUT2D eigenvalue weighted by atomic mass is 10.1. The van der Waals surface area contributed by atoms with Crippen LogP contribution in [-0.4, -0.2) is 45.7 Å². The summed E-state index contributed by atoms with van der Waals surface area (Å²) in [6.45, 7) is 2.56. The van der Waals surface area contributed by atoms with Gasteiger partial charge in [-0.1, -0.05) is 0 Å². The number of rotatable bonds is 3. The summed E-state index contributed by atoms with van der Waals surface area (Å²) < 4.78 is 28.0. The van der Waals surface area contributed by atoms with Crippen molar-refractivity contribution in [2.24, 2.45) is 5.92 Å². The molecule has 0 bridgehead atoms. The van der Waals surface area contributed by atoms with Crippen molar-refractivity contribution in [2.45, 2.75) is 31.7 Å². The topological polar surface area (TPSA) is 55.4 Å². The molecule has 2 rings (SSSR count). The van der Waals surface area contributed by atoms with Gasteiger partial charge < -0.3 is 10.1 Å². The van der Waals surface area contributed by atoms with Gasteiger partial charge in [0.2, 0.25) is 0 Å². The summed E-state index contributed by atoms with van der Waals surface area (Å²) in [5.74, 6) is 1.09. The standard InChI is InChI=1S/C11H21NO3S/c13-16(14)7-4-10(9-16)8-12-11-2-1-5-15-6-3-11/h10-12H,1-9H2. The average molecular weight is 247 g/mol. The maximum absolute atomic E-state index is 11.3. The van der Waals surface area contributed by atoms with E-state index in [9.17, 15) is 8.42 Å². The number of hydrogen-bond donors (Lipinski definition) is 1. The van der Waals surface area contributed by atoms with E-state index in [0.29, 0.717) is 23.5 Å². The highest BCUT2D eigenvalue weighted by molar-refractivity contribution is 7.91. The molecule has 2 saturated heterocycles. The van der Waals surface area contributed by atoms with Crippen molar-refractivity contribution in [1.82, 2.24) is 5.32 Å². The second kappa shape index (κ2) is 5.47. The molecule has 5 heteroatoms. The summed E-state index contributed by atoms with van der Waals surface area (Å²) in [6, 6.07) is 0.519. The molecule has 0 radical (unpaired) electrons. The Labute approximate surface area is 97.7 Å². The normalized spacial score (nSPS) is 34.8. The molecule has 0 spiro atoms. The first-order valence-corrected chi connectivity index (χ1v) is 7.99. The Kier molecular flexibility index (Phi) is 4.21. The zero-order valence-corrected chi connectivity index (χ0v) is 10.5. The summed E-state index contributed by atoms with van der Waals surface area (Å²) >= 11 is 0. The van der Waals surface area contributed by atoms with E-state index in [1.165, 1.54) is 0 Å². The zero-order valence-electron chi connectivity index (χ0n) is 9.65. The highest BCUT2D eigenvalue weighted by Gasteiger charge is 2.28. The van der Waals surface area contributed by atoms with Gasteiger partial charge in [-0.15, -0.1) is 0 Å². The fourth-order valence-corrected chi connectivity index (χ4v) is 4.34. The molecule has 2 aliphatic rings. The van der Waals surface area contributed by atoms with Crippen LogP contribution < -0.4 is 5.32 Å². The fourth-order valence-electron chi connectivity index (χ4n) is 2.47. The Balaban J connectivity index is 1.71. The van der Waals surface area contributed by atoms with Gasteiger partial charge in [-0.25, -0.2) is 8.42 Å². The molecule has 0 aromatic heterocycles. The predicted molar refractivity (Wildman–Crippen MR) is 63.2 cm³/mol. The lowest BCUT2D eigenvalue weighted by Crippen LogP contribution is -2.34. The monoisotopic (exact) mass is 247 g/mol. The summed E-state index contributed by atoms with van der Waals surface area (Å²) in [5.41, 5.74) is 0. The Morgan fingerprint density at radius 1 is 1.19 bits per heavy atom. The van der Waals surface area contributed by atoms with E-state index in [-0.39, 0.29) is 0 Å². The van der Waals surface area contributed by atoms with E-state index < -0.39 is 9.84 Å². The van der Waals surface area contributed by atoms with Gasteiger partial charge in [-0.2, -0.15) is 0 Å². The van der Waals surface area contributed by atoms with Crippen LogP contribution in [0, 0.1) is 5.92 Å². The molecular weight excluding hydrogens is 226 g/mol. The van der Waals surface area contributed by atoms with Crippen LogP contribution in [0.2, 0.25) is 0 Å². The molecule has 0 aliphatic carbocycles. The SMILES string of the molecule is O=S1(=O)CCC(CNC2CCCOCC2)C1. The molecule has 0 aromatic rings. The van der Waals surface area contributed by atoms with E-state index in [0.717, 1.165) is 45.4 Å². The van der Waals surface area contributed by atoms with Crippen LogP contribution in [0.1, 0.15) is 25.7 Å². The molecule has 2 unspecified atom stereocenters.